The topological polar surface area (TPSA) is 69.6 Å². The molecule has 0 saturated heterocycles. The first-order valence-electron chi connectivity index (χ1n) is 8.15. The minimum Gasteiger partial charge on any atom is -0.493 e. The van der Waals surface area contributed by atoms with Crippen LogP contribution in [-0.2, 0) is 11.3 Å². The average molecular weight is 372 g/mol. The second kappa shape index (κ2) is 7.61. The summed E-state index contributed by atoms with van der Waals surface area (Å²) in [6.45, 7) is 2.00. The van der Waals surface area contributed by atoms with Crippen molar-refractivity contribution >= 4 is 27.5 Å². The van der Waals surface area contributed by atoms with Gasteiger partial charge in [-0.05, 0) is 25.1 Å². The van der Waals surface area contributed by atoms with Crippen LogP contribution in [0.2, 0.25) is 0 Å². The number of nitrogens with zero attached hydrogens (tertiary/aromatic N) is 1. The first-order valence-corrected chi connectivity index (χ1v) is 8.92. The molecule has 1 aromatic heterocycles. The summed E-state index contributed by atoms with van der Waals surface area (Å²) < 4.78 is 13.0. The van der Waals surface area contributed by atoms with E-state index in [4.69, 9.17) is 9.47 Å². The van der Waals surface area contributed by atoms with Gasteiger partial charge in [-0.3, -0.25) is 13.5 Å². The summed E-state index contributed by atoms with van der Waals surface area (Å²) in [7, 11) is 3.12. The molecule has 1 amide bonds. The van der Waals surface area contributed by atoms with Crippen LogP contribution in [-0.4, -0.2) is 24.1 Å². The quantitative estimate of drug-likeness (QED) is 0.722. The van der Waals surface area contributed by atoms with Crippen molar-refractivity contribution in [3.63, 3.8) is 0 Å². The van der Waals surface area contributed by atoms with Gasteiger partial charge in [0.2, 0.25) is 5.91 Å². The van der Waals surface area contributed by atoms with Crippen molar-refractivity contribution in [3.8, 4) is 11.5 Å². The molecule has 7 heteroatoms. The number of amides is 1. The third-order valence-corrected chi connectivity index (χ3v) is 5.41. The second-order valence-corrected chi connectivity index (χ2v) is 6.78. The van der Waals surface area contributed by atoms with Crippen molar-refractivity contribution in [2.45, 2.75) is 19.5 Å². The lowest BCUT2D eigenvalue weighted by Gasteiger charge is -2.15. The zero-order chi connectivity index (χ0) is 18.7. The first kappa shape index (κ1) is 18.0. The molecule has 2 aromatic carbocycles. The summed E-state index contributed by atoms with van der Waals surface area (Å²) in [5.74, 6) is 0.957. The fourth-order valence-corrected chi connectivity index (χ4v) is 3.81. The van der Waals surface area contributed by atoms with Crippen molar-refractivity contribution in [3.05, 3.63) is 58.4 Å². The molecule has 0 aliphatic carbocycles. The van der Waals surface area contributed by atoms with Crippen LogP contribution < -0.4 is 20.3 Å². The lowest BCUT2D eigenvalue weighted by atomic mass is 10.1. The Balaban J connectivity index is 1.78. The highest BCUT2D eigenvalue weighted by molar-refractivity contribution is 7.14. The maximum Gasteiger partial charge on any atom is 0.269 e. The van der Waals surface area contributed by atoms with Gasteiger partial charge >= 0.3 is 0 Å². The molecule has 3 aromatic rings. The molecule has 1 heterocycles. The summed E-state index contributed by atoms with van der Waals surface area (Å²) in [5.41, 5.74) is 0.656. The van der Waals surface area contributed by atoms with Crippen molar-refractivity contribution in [2.75, 3.05) is 14.2 Å². The number of fused-ring (bicyclic) bond motifs is 1. The number of rotatable bonds is 6. The van der Waals surface area contributed by atoms with Crippen LogP contribution in [0.15, 0.2) is 47.3 Å². The van der Waals surface area contributed by atoms with Gasteiger partial charge in [-0.25, -0.2) is 0 Å². The predicted octanol–water partition coefficient (Wildman–Crippen LogP) is 2.96. The molecule has 1 N–H and O–H groups in total. The van der Waals surface area contributed by atoms with Crippen LogP contribution >= 0.6 is 11.5 Å². The van der Waals surface area contributed by atoms with Crippen LogP contribution in [0.3, 0.4) is 0 Å². The monoisotopic (exact) mass is 372 g/mol. The fraction of sp³-hybridized carbons (Fsp3) is 0.263. The van der Waals surface area contributed by atoms with E-state index in [1.54, 1.807) is 33.3 Å². The number of methoxy groups -OCH3 is 2. The number of carbonyl (C=O) groups is 1. The Morgan fingerprint density at radius 2 is 1.92 bits per heavy atom. The standard InChI is InChI=1S/C19H20N2O4S/c1-12(21-19(23)14-8-4-5-10-16(14)26-21)18(22)20-11-13-7-6-9-15(24-2)17(13)25-3/h4-10,12H,11H2,1-3H3,(H,20,22). The van der Waals surface area contributed by atoms with Gasteiger partial charge in [0.05, 0.1) is 24.3 Å². The third kappa shape index (κ3) is 3.30. The van der Waals surface area contributed by atoms with Gasteiger partial charge < -0.3 is 14.8 Å². The Labute approximate surface area is 155 Å². The molecule has 136 valence electrons. The van der Waals surface area contributed by atoms with E-state index in [-0.39, 0.29) is 18.0 Å². The first-order chi connectivity index (χ1) is 12.6. The van der Waals surface area contributed by atoms with Crippen molar-refractivity contribution in [2.24, 2.45) is 0 Å². The zero-order valence-corrected chi connectivity index (χ0v) is 15.6. The molecule has 3 rings (SSSR count). The molecule has 0 bridgehead atoms. The SMILES string of the molecule is COc1cccc(CNC(=O)C(C)n2sc3ccccc3c2=O)c1OC. The maximum absolute atomic E-state index is 12.6. The van der Waals surface area contributed by atoms with Gasteiger partial charge in [-0.2, -0.15) is 0 Å². The summed E-state index contributed by atoms with van der Waals surface area (Å²) in [6, 6.07) is 12.2. The van der Waals surface area contributed by atoms with Crippen LogP contribution in [0.25, 0.3) is 10.1 Å². The van der Waals surface area contributed by atoms with Crippen molar-refractivity contribution < 1.29 is 14.3 Å². The van der Waals surface area contributed by atoms with E-state index in [2.05, 4.69) is 5.32 Å². The van der Waals surface area contributed by atoms with E-state index >= 15 is 0 Å². The van der Waals surface area contributed by atoms with Gasteiger partial charge in [0.1, 0.15) is 6.04 Å². The molecular formula is C19H20N2O4S. The lowest BCUT2D eigenvalue weighted by molar-refractivity contribution is -0.123. The molecule has 0 saturated carbocycles. The van der Waals surface area contributed by atoms with Crippen LogP contribution in [0.1, 0.15) is 18.5 Å². The Hall–Kier alpha value is -2.80. The number of aromatic nitrogens is 1. The van der Waals surface area contributed by atoms with E-state index in [0.29, 0.717) is 16.9 Å². The number of benzene rings is 2. The highest BCUT2D eigenvalue weighted by Gasteiger charge is 2.20. The normalized spacial score (nSPS) is 12.0. The molecule has 0 aliphatic rings. The molecule has 0 fully saturated rings. The largest absolute Gasteiger partial charge is 0.493 e. The summed E-state index contributed by atoms with van der Waals surface area (Å²) in [5, 5.41) is 3.50. The van der Waals surface area contributed by atoms with Gasteiger partial charge in [0, 0.05) is 12.1 Å². The summed E-state index contributed by atoms with van der Waals surface area (Å²) >= 11 is 1.29. The van der Waals surface area contributed by atoms with E-state index in [0.717, 1.165) is 10.3 Å². The highest BCUT2D eigenvalue weighted by Crippen LogP contribution is 2.30. The molecule has 26 heavy (non-hydrogen) atoms. The lowest BCUT2D eigenvalue weighted by Crippen LogP contribution is -2.33. The second-order valence-electron chi connectivity index (χ2n) is 5.76. The van der Waals surface area contributed by atoms with Crippen molar-refractivity contribution in [1.82, 2.24) is 9.27 Å². The van der Waals surface area contributed by atoms with E-state index in [1.807, 2.05) is 30.3 Å². The molecule has 1 atom stereocenters. The Kier molecular flexibility index (Phi) is 5.27. The molecule has 0 radical (unpaired) electrons. The number of hydrogen-bond acceptors (Lipinski definition) is 5. The number of ether oxygens (including phenoxy) is 2. The van der Waals surface area contributed by atoms with E-state index < -0.39 is 6.04 Å². The fourth-order valence-electron chi connectivity index (χ4n) is 2.77. The average Bonchev–Trinajstić information content (AvgIpc) is 3.01. The minimum atomic E-state index is -0.600. The van der Waals surface area contributed by atoms with E-state index in [9.17, 15) is 9.59 Å². The number of carbonyl (C=O) groups excluding carboxylic acids is 1. The molecule has 0 aliphatic heterocycles. The molecular weight excluding hydrogens is 352 g/mol. The van der Waals surface area contributed by atoms with Crippen LogP contribution in [0.4, 0.5) is 0 Å². The number of nitrogens with one attached hydrogen (secondary N) is 1. The zero-order valence-electron chi connectivity index (χ0n) is 14.8. The highest BCUT2D eigenvalue weighted by atomic mass is 32.1. The van der Waals surface area contributed by atoms with Gasteiger partial charge in [-0.15, -0.1) is 0 Å². The van der Waals surface area contributed by atoms with Crippen LogP contribution in [0, 0.1) is 0 Å². The molecule has 1 unspecified atom stereocenters. The van der Waals surface area contributed by atoms with Crippen LogP contribution in [0.5, 0.6) is 11.5 Å². The van der Waals surface area contributed by atoms with Crippen molar-refractivity contribution in [1.29, 1.82) is 0 Å². The third-order valence-electron chi connectivity index (χ3n) is 4.18. The van der Waals surface area contributed by atoms with E-state index in [1.165, 1.54) is 15.5 Å². The summed E-state index contributed by atoms with van der Waals surface area (Å²) in [4.78, 5) is 25.1. The minimum absolute atomic E-state index is 0.146. The Bertz CT molecular complexity index is 993. The predicted molar refractivity (Wildman–Crippen MR) is 102 cm³/mol. The van der Waals surface area contributed by atoms with Gasteiger partial charge in [0.25, 0.3) is 5.56 Å². The maximum atomic E-state index is 12.6. The number of hydrogen-bond donors (Lipinski definition) is 1. The van der Waals surface area contributed by atoms with Gasteiger partial charge in [-0.1, -0.05) is 35.8 Å². The Morgan fingerprint density at radius 1 is 1.15 bits per heavy atom. The molecule has 6 nitrogen and oxygen atoms in total. The number of para-hydroxylation sites is 1. The smallest absolute Gasteiger partial charge is 0.269 e. The van der Waals surface area contributed by atoms with Gasteiger partial charge in [0.15, 0.2) is 11.5 Å². The Morgan fingerprint density at radius 3 is 2.62 bits per heavy atom. The molecule has 0 spiro atoms. The summed E-state index contributed by atoms with van der Waals surface area (Å²) in [6.07, 6.45) is 0.